The van der Waals surface area contributed by atoms with Crippen LogP contribution in [0, 0.1) is 0 Å². The van der Waals surface area contributed by atoms with Crippen LogP contribution in [-0.4, -0.2) is 18.3 Å². The number of hydrogen-bond acceptors (Lipinski definition) is 2. The van der Waals surface area contributed by atoms with E-state index in [9.17, 15) is 0 Å². The largest absolute Gasteiger partial charge is 0.490 e. The Hall–Kier alpha value is -2.06. The van der Waals surface area contributed by atoms with E-state index in [2.05, 4.69) is 43.3 Å². The number of hydrogen-bond donors (Lipinski definition) is 1. The topological polar surface area (TPSA) is 29.5 Å². The van der Waals surface area contributed by atoms with Crippen molar-refractivity contribution in [2.24, 2.45) is 0 Å². The maximum Gasteiger partial charge on any atom is 0.135 e. The van der Waals surface area contributed by atoms with Crippen LogP contribution in [0.25, 0.3) is 21.5 Å². The van der Waals surface area contributed by atoms with E-state index in [0.29, 0.717) is 6.61 Å². The average Bonchev–Trinajstić information content (AvgIpc) is 2.59. The van der Waals surface area contributed by atoms with Gasteiger partial charge >= 0.3 is 0 Å². The van der Waals surface area contributed by atoms with Crippen molar-refractivity contribution in [3.8, 4) is 5.75 Å². The molecule has 2 heteroatoms. The minimum absolute atomic E-state index is 0.0287. The molecule has 0 aliphatic rings. The highest BCUT2D eigenvalue weighted by Gasteiger charge is 2.09. The first-order chi connectivity index (χ1) is 11.3. The fourth-order valence-electron chi connectivity index (χ4n) is 3.11. The highest BCUT2D eigenvalue weighted by atomic mass is 16.5. The summed E-state index contributed by atoms with van der Waals surface area (Å²) in [5.41, 5.74) is 1.36. The third-order valence-corrected chi connectivity index (χ3v) is 4.29. The molecule has 3 aromatic rings. The normalized spacial score (nSPS) is 11.2. The molecule has 120 valence electrons. The van der Waals surface area contributed by atoms with E-state index in [1.807, 2.05) is 12.1 Å². The zero-order valence-corrected chi connectivity index (χ0v) is 13.7. The van der Waals surface area contributed by atoms with E-state index in [-0.39, 0.29) is 6.61 Å². The minimum atomic E-state index is 0.0287. The lowest BCUT2D eigenvalue weighted by Gasteiger charge is -2.13. The number of aliphatic hydroxyl groups is 1. The van der Waals surface area contributed by atoms with Gasteiger partial charge in [-0.1, -0.05) is 56.2 Å². The third-order valence-electron chi connectivity index (χ3n) is 4.29. The minimum Gasteiger partial charge on any atom is -0.490 e. The Labute approximate surface area is 137 Å². The molecule has 0 amide bonds. The molecule has 0 spiro atoms. The molecule has 0 heterocycles. The lowest BCUT2D eigenvalue weighted by Crippen LogP contribution is -2.02. The van der Waals surface area contributed by atoms with Crippen LogP contribution in [0.4, 0.5) is 0 Å². The molecule has 0 unspecified atom stereocenters. The highest BCUT2D eigenvalue weighted by molar-refractivity contribution is 6.05. The first-order valence-corrected chi connectivity index (χ1v) is 8.51. The smallest absolute Gasteiger partial charge is 0.135 e. The fraction of sp³-hybridized carbons (Fsp3) is 0.333. The Balaban J connectivity index is 2.09. The van der Waals surface area contributed by atoms with Crippen LogP contribution in [0.3, 0.4) is 0 Å². The van der Waals surface area contributed by atoms with Crippen molar-refractivity contribution < 1.29 is 9.84 Å². The predicted octanol–water partition coefficient (Wildman–Crippen LogP) is 5.10. The zero-order valence-electron chi connectivity index (χ0n) is 13.7. The summed E-state index contributed by atoms with van der Waals surface area (Å²) in [6.45, 7) is 2.58. The first kappa shape index (κ1) is 15.8. The molecule has 23 heavy (non-hydrogen) atoms. The molecule has 3 aromatic carbocycles. The summed E-state index contributed by atoms with van der Waals surface area (Å²) in [7, 11) is 0. The highest BCUT2D eigenvalue weighted by Crippen LogP contribution is 2.35. The van der Waals surface area contributed by atoms with E-state index in [4.69, 9.17) is 9.84 Å². The van der Waals surface area contributed by atoms with Crippen LogP contribution in [0.2, 0.25) is 0 Å². The van der Waals surface area contributed by atoms with Crippen LogP contribution in [-0.2, 0) is 6.42 Å². The molecule has 0 saturated carbocycles. The lowest BCUT2D eigenvalue weighted by molar-refractivity contribution is 0.204. The van der Waals surface area contributed by atoms with Gasteiger partial charge in [0.05, 0.1) is 6.61 Å². The van der Waals surface area contributed by atoms with Crippen molar-refractivity contribution in [3.05, 3.63) is 54.1 Å². The molecular weight excluding hydrogens is 284 g/mol. The molecule has 0 atom stereocenters. The van der Waals surface area contributed by atoms with Gasteiger partial charge in [0.15, 0.2) is 0 Å². The number of rotatable bonds is 7. The van der Waals surface area contributed by atoms with Crippen molar-refractivity contribution in [1.82, 2.24) is 0 Å². The standard InChI is InChI=1S/C21H24O2/c1-2-3-4-7-16-10-11-18-15-17-8-5-6-9-19(17)21(20(18)14-16)23-13-12-22/h5-6,8-11,14-15,22H,2-4,7,12-13H2,1H3. The Morgan fingerprint density at radius 2 is 1.74 bits per heavy atom. The summed E-state index contributed by atoms with van der Waals surface area (Å²) in [4.78, 5) is 0. The maximum atomic E-state index is 9.14. The summed E-state index contributed by atoms with van der Waals surface area (Å²) in [5.74, 6) is 0.893. The van der Waals surface area contributed by atoms with Crippen LogP contribution in [0.15, 0.2) is 48.5 Å². The van der Waals surface area contributed by atoms with Crippen LogP contribution < -0.4 is 4.74 Å². The molecule has 0 aliphatic heterocycles. The van der Waals surface area contributed by atoms with Gasteiger partial charge in [0.1, 0.15) is 12.4 Å². The fourth-order valence-corrected chi connectivity index (χ4v) is 3.11. The van der Waals surface area contributed by atoms with Gasteiger partial charge in [-0.2, -0.15) is 0 Å². The van der Waals surface area contributed by atoms with Gasteiger partial charge in [-0.3, -0.25) is 0 Å². The maximum absolute atomic E-state index is 9.14. The van der Waals surface area contributed by atoms with Crippen LogP contribution in [0.1, 0.15) is 31.7 Å². The predicted molar refractivity (Wildman–Crippen MR) is 97.3 cm³/mol. The molecule has 0 fully saturated rings. The number of benzene rings is 3. The van der Waals surface area contributed by atoms with Gasteiger partial charge in [-0.25, -0.2) is 0 Å². The SMILES string of the molecule is CCCCCc1ccc2cc3ccccc3c(OCCO)c2c1. The monoisotopic (exact) mass is 308 g/mol. The van der Waals surface area contributed by atoms with Gasteiger partial charge in [0.25, 0.3) is 0 Å². The van der Waals surface area contributed by atoms with Gasteiger partial charge in [0, 0.05) is 10.8 Å². The molecule has 0 bridgehead atoms. The van der Waals surface area contributed by atoms with Gasteiger partial charge in [-0.05, 0) is 41.3 Å². The van der Waals surface area contributed by atoms with Crippen LogP contribution >= 0.6 is 0 Å². The Morgan fingerprint density at radius 3 is 2.57 bits per heavy atom. The third kappa shape index (κ3) is 3.48. The van der Waals surface area contributed by atoms with Crippen molar-refractivity contribution in [1.29, 1.82) is 0 Å². The second-order valence-electron chi connectivity index (χ2n) is 6.01. The van der Waals surface area contributed by atoms with E-state index in [1.165, 1.54) is 35.6 Å². The molecular formula is C21H24O2. The Morgan fingerprint density at radius 1 is 0.913 bits per heavy atom. The van der Waals surface area contributed by atoms with Crippen molar-refractivity contribution in [2.75, 3.05) is 13.2 Å². The summed E-state index contributed by atoms with van der Waals surface area (Å²) in [6.07, 6.45) is 4.84. The number of aryl methyl sites for hydroxylation is 1. The van der Waals surface area contributed by atoms with E-state index in [1.54, 1.807) is 0 Å². The molecule has 1 N–H and O–H groups in total. The Kier molecular flexibility index (Phi) is 5.14. The number of fused-ring (bicyclic) bond motifs is 2. The molecule has 2 nitrogen and oxygen atoms in total. The summed E-state index contributed by atoms with van der Waals surface area (Å²) in [5, 5.41) is 13.8. The van der Waals surface area contributed by atoms with Crippen molar-refractivity contribution in [3.63, 3.8) is 0 Å². The first-order valence-electron chi connectivity index (χ1n) is 8.51. The number of unbranched alkanes of at least 4 members (excludes halogenated alkanes) is 2. The second-order valence-corrected chi connectivity index (χ2v) is 6.01. The van der Waals surface area contributed by atoms with Crippen molar-refractivity contribution >= 4 is 21.5 Å². The van der Waals surface area contributed by atoms with Gasteiger partial charge in [0.2, 0.25) is 0 Å². The average molecular weight is 308 g/mol. The summed E-state index contributed by atoms with van der Waals surface area (Å²) < 4.78 is 5.91. The van der Waals surface area contributed by atoms with E-state index in [0.717, 1.165) is 22.9 Å². The lowest BCUT2D eigenvalue weighted by atomic mass is 9.98. The molecule has 0 aliphatic carbocycles. The number of aliphatic hydroxyl groups excluding tert-OH is 1. The summed E-state index contributed by atoms with van der Waals surface area (Å²) in [6, 6.07) is 17.2. The van der Waals surface area contributed by atoms with E-state index >= 15 is 0 Å². The molecule has 0 saturated heterocycles. The number of ether oxygens (including phenoxy) is 1. The van der Waals surface area contributed by atoms with Gasteiger partial charge in [-0.15, -0.1) is 0 Å². The molecule has 0 radical (unpaired) electrons. The zero-order chi connectivity index (χ0) is 16.1. The van der Waals surface area contributed by atoms with E-state index < -0.39 is 0 Å². The summed E-state index contributed by atoms with van der Waals surface area (Å²) >= 11 is 0. The van der Waals surface area contributed by atoms with Crippen molar-refractivity contribution in [2.45, 2.75) is 32.6 Å². The van der Waals surface area contributed by atoms with Crippen LogP contribution in [0.5, 0.6) is 5.75 Å². The Bertz CT molecular complexity index is 792. The molecule has 3 rings (SSSR count). The molecule has 0 aromatic heterocycles. The van der Waals surface area contributed by atoms with Gasteiger partial charge < -0.3 is 9.84 Å². The quantitative estimate of drug-likeness (QED) is 0.486. The second kappa shape index (κ2) is 7.47.